The third-order valence-corrected chi connectivity index (χ3v) is 4.26. The van der Waals surface area contributed by atoms with Crippen molar-refractivity contribution in [2.75, 3.05) is 7.11 Å². The monoisotopic (exact) mass is 319 g/mol. The van der Waals surface area contributed by atoms with Crippen molar-refractivity contribution in [3.05, 3.63) is 42.0 Å². The molecule has 2 aromatic carbocycles. The highest BCUT2D eigenvalue weighted by Gasteiger charge is 2.45. The highest BCUT2D eigenvalue weighted by atomic mass is 16.5. The molecule has 1 N–H and O–H groups in total. The van der Waals surface area contributed by atoms with E-state index in [1.807, 2.05) is 30.3 Å². The average molecular weight is 319 g/mol. The normalized spacial score (nSPS) is 23.2. The second-order valence-electron chi connectivity index (χ2n) is 5.57. The molecule has 0 spiro atoms. The molecule has 1 aliphatic heterocycles. The van der Waals surface area contributed by atoms with E-state index in [9.17, 15) is 20.1 Å². The van der Waals surface area contributed by atoms with Gasteiger partial charge in [0, 0.05) is 5.92 Å². The van der Waals surface area contributed by atoms with E-state index in [0.29, 0.717) is 11.3 Å². The Bertz CT molecular complexity index is 891. The van der Waals surface area contributed by atoms with E-state index < -0.39 is 29.6 Å². The summed E-state index contributed by atoms with van der Waals surface area (Å²) in [5, 5.41) is 22.5. The van der Waals surface area contributed by atoms with Crippen LogP contribution in [-0.2, 0) is 9.59 Å². The molecule has 0 saturated carbocycles. The number of carbonyl (C=O) groups excluding carboxylic acids is 2. The summed E-state index contributed by atoms with van der Waals surface area (Å²) in [6.45, 7) is 0. The maximum Gasteiger partial charge on any atom is 0.244 e. The zero-order valence-electron chi connectivity index (χ0n) is 12.8. The van der Waals surface area contributed by atoms with Gasteiger partial charge in [0.15, 0.2) is 0 Å². The molecule has 6 nitrogen and oxygen atoms in total. The Morgan fingerprint density at radius 1 is 0.958 bits per heavy atom. The Morgan fingerprint density at radius 3 is 2.12 bits per heavy atom. The molecule has 1 saturated heterocycles. The first kappa shape index (κ1) is 15.5. The smallest absolute Gasteiger partial charge is 0.244 e. The molecule has 6 heteroatoms. The van der Waals surface area contributed by atoms with Crippen molar-refractivity contribution in [1.29, 1.82) is 10.5 Å². The molecular formula is C18H13N3O3. The molecule has 118 valence electrons. The number of nitriles is 2. The summed E-state index contributed by atoms with van der Waals surface area (Å²) in [6, 6.07) is 14.7. The molecule has 1 heterocycles. The highest BCUT2D eigenvalue weighted by Crippen LogP contribution is 2.37. The Balaban J connectivity index is 2.12. The number of rotatable bonds is 2. The van der Waals surface area contributed by atoms with Crippen molar-refractivity contribution >= 4 is 22.6 Å². The molecule has 24 heavy (non-hydrogen) atoms. The average Bonchev–Trinajstić information content (AvgIpc) is 2.60. The minimum Gasteiger partial charge on any atom is -0.497 e. The lowest BCUT2D eigenvalue weighted by atomic mass is 9.74. The maximum atomic E-state index is 11.9. The number of nitrogens with one attached hydrogen (secondary N) is 1. The Labute approximate surface area is 138 Å². The number of imide groups is 1. The van der Waals surface area contributed by atoms with Gasteiger partial charge in [-0.2, -0.15) is 10.5 Å². The third-order valence-electron chi connectivity index (χ3n) is 4.26. The third kappa shape index (κ3) is 2.45. The molecule has 1 aliphatic rings. The molecule has 0 aliphatic carbocycles. The van der Waals surface area contributed by atoms with Crippen LogP contribution < -0.4 is 10.1 Å². The van der Waals surface area contributed by atoms with Crippen molar-refractivity contribution < 1.29 is 14.3 Å². The fourth-order valence-electron chi connectivity index (χ4n) is 3.03. The van der Waals surface area contributed by atoms with Gasteiger partial charge in [-0.25, -0.2) is 0 Å². The molecule has 0 bridgehead atoms. The summed E-state index contributed by atoms with van der Waals surface area (Å²) in [4.78, 5) is 23.9. The van der Waals surface area contributed by atoms with Crippen LogP contribution in [0.2, 0.25) is 0 Å². The first-order chi connectivity index (χ1) is 11.6. The van der Waals surface area contributed by atoms with Crippen LogP contribution in [-0.4, -0.2) is 18.9 Å². The largest absolute Gasteiger partial charge is 0.497 e. The summed E-state index contributed by atoms with van der Waals surface area (Å²) in [6.07, 6.45) is 0. The number of amides is 2. The molecule has 1 fully saturated rings. The van der Waals surface area contributed by atoms with Gasteiger partial charge in [0.05, 0.1) is 19.2 Å². The van der Waals surface area contributed by atoms with Gasteiger partial charge in [0.2, 0.25) is 11.8 Å². The van der Waals surface area contributed by atoms with E-state index in [4.69, 9.17) is 4.74 Å². The van der Waals surface area contributed by atoms with E-state index in [1.54, 1.807) is 25.3 Å². The fourth-order valence-corrected chi connectivity index (χ4v) is 3.03. The van der Waals surface area contributed by atoms with Crippen LogP contribution in [0.25, 0.3) is 10.8 Å². The Hall–Kier alpha value is -3.38. The summed E-state index contributed by atoms with van der Waals surface area (Å²) in [5.41, 5.74) is 0.619. The maximum absolute atomic E-state index is 11.9. The van der Waals surface area contributed by atoms with Crippen molar-refractivity contribution in [1.82, 2.24) is 5.32 Å². The molecular weight excluding hydrogens is 306 g/mol. The van der Waals surface area contributed by atoms with Crippen LogP contribution in [0.4, 0.5) is 0 Å². The van der Waals surface area contributed by atoms with Crippen LogP contribution in [0.3, 0.4) is 0 Å². The number of nitrogens with zero attached hydrogens (tertiary/aromatic N) is 2. The van der Waals surface area contributed by atoms with Crippen molar-refractivity contribution in [3.8, 4) is 17.9 Å². The number of benzene rings is 2. The van der Waals surface area contributed by atoms with Crippen LogP contribution >= 0.6 is 0 Å². The number of hydrogen-bond acceptors (Lipinski definition) is 5. The van der Waals surface area contributed by atoms with Crippen LogP contribution in [0.5, 0.6) is 5.75 Å². The van der Waals surface area contributed by atoms with E-state index in [-0.39, 0.29) is 0 Å². The molecule has 2 unspecified atom stereocenters. The standard InChI is InChI=1S/C18H13N3O3/c1-24-13-5-4-10-6-12(3-2-11(10)7-13)16-14(8-19)17(22)21-18(23)15(16)9-20/h2-7,14-16H,1H3,(H,21,22,23). The lowest BCUT2D eigenvalue weighted by Gasteiger charge is -2.29. The quantitative estimate of drug-likeness (QED) is 0.851. The van der Waals surface area contributed by atoms with Gasteiger partial charge in [0.25, 0.3) is 0 Å². The predicted molar refractivity (Wildman–Crippen MR) is 84.6 cm³/mol. The second kappa shape index (κ2) is 6.02. The molecule has 2 aromatic rings. The van der Waals surface area contributed by atoms with Gasteiger partial charge in [-0.3, -0.25) is 14.9 Å². The van der Waals surface area contributed by atoms with Crippen LogP contribution in [0, 0.1) is 34.5 Å². The van der Waals surface area contributed by atoms with E-state index in [2.05, 4.69) is 5.32 Å². The topological polar surface area (TPSA) is 103 Å². The zero-order chi connectivity index (χ0) is 17.3. The summed E-state index contributed by atoms with van der Waals surface area (Å²) in [5.74, 6) is -3.55. The van der Waals surface area contributed by atoms with E-state index in [0.717, 1.165) is 10.8 Å². The van der Waals surface area contributed by atoms with Crippen LogP contribution in [0.15, 0.2) is 36.4 Å². The first-order valence-electron chi connectivity index (χ1n) is 7.30. The lowest BCUT2D eigenvalue weighted by Crippen LogP contribution is -2.49. The summed E-state index contributed by atoms with van der Waals surface area (Å²) < 4.78 is 5.18. The minimum absolute atomic E-state index is 0.619. The van der Waals surface area contributed by atoms with Crippen molar-refractivity contribution in [3.63, 3.8) is 0 Å². The lowest BCUT2D eigenvalue weighted by molar-refractivity contribution is -0.137. The molecule has 2 atom stereocenters. The summed E-state index contributed by atoms with van der Waals surface area (Å²) >= 11 is 0. The number of fused-ring (bicyclic) bond motifs is 1. The van der Waals surface area contributed by atoms with Crippen molar-refractivity contribution in [2.45, 2.75) is 5.92 Å². The number of methoxy groups -OCH3 is 1. The number of carbonyl (C=O) groups is 2. The summed E-state index contributed by atoms with van der Waals surface area (Å²) in [7, 11) is 1.58. The molecule has 2 amide bonds. The first-order valence-corrected chi connectivity index (χ1v) is 7.30. The van der Waals surface area contributed by atoms with E-state index in [1.165, 1.54) is 0 Å². The zero-order valence-corrected chi connectivity index (χ0v) is 12.8. The Morgan fingerprint density at radius 2 is 1.54 bits per heavy atom. The number of ether oxygens (including phenoxy) is 1. The van der Waals surface area contributed by atoms with Gasteiger partial charge < -0.3 is 4.74 Å². The molecule has 3 rings (SSSR count). The van der Waals surface area contributed by atoms with Crippen LogP contribution in [0.1, 0.15) is 11.5 Å². The number of hydrogen-bond donors (Lipinski definition) is 1. The Kier molecular flexibility index (Phi) is 3.89. The van der Waals surface area contributed by atoms with Gasteiger partial charge in [0.1, 0.15) is 17.6 Å². The second-order valence-corrected chi connectivity index (χ2v) is 5.57. The highest BCUT2D eigenvalue weighted by molar-refractivity contribution is 6.03. The van der Waals surface area contributed by atoms with Gasteiger partial charge in [-0.1, -0.05) is 24.3 Å². The van der Waals surface area contributed by atoms with Gasteiger partial charge in [-0.15, -0.1) is 0 Å². The van der Waals surface area contributed by atoms with Crippen molar-refractivity contribution in [2.24, 2.45) is 11.8 Å². The predicted octanol–water partition coefficient (Wildman–Crippen LogP) is 1.87. The fraction of sp³-hybridized carbons (Fsp3) is 0.222. The van der Waals surface area contributed by atoms with E-state index >= 15 is 0 Å². The van der Waals surface area contributed by atoms with Gasteiger partial charge >= 0.3 is 0 Å². The van der Waals surface area contributed by atoms with Gasteiger partial charge in [-0.05, 0) is 28.5 Å². The number of piperidine rings is 1. The molecule has 0 radical (unpaired) electrons. The minimum atomic E-state index is -1.08. The SMILES string of the molecule is COc1ccc2cc(C3C(C#N)C(=O)NC(=O)C3C#N)ccc2c1. The molecule has 0 aromatic heterocycles.